The number of hydrogen-bond donors (Lipinski definition) is 0. The van der Waals surface area contributed by atoms with Gasteiger partial charge in [0, 0.05) is 31.6 Å². The summed E-state index contributed by atoms with van der Waals surface area (Å²) < 4.78 is 6.86. The number of nitrogens with zero attached hydrogens (tertiary/aromatic N) is 7. The summed E-state index contributed by atoms with van der Waals surface area (Å²) in [5.41, 5.74) is 2.56. The lowest BCUT2D eigenvalue weighted by atomic mass is 9.99. The maximum Gasteiger partial charge on any atom is 0.311 e. The van der Waals surface area contributed by atoms with Gasteiger partial charge >= 0.3 is 6.02 Å². The average molecular weight is 490 g/mol. The van der Waals surface area contributed by atoms with E-state index in [2.05, 4.69) is 48.6 Å². The van der Waals surface area contributed by atoms with Crippen LogP contribution >= 0.6 is 11.3 Å². The van der Waals surface area contributed by atoms with Gasteiger partial charge in [0.25, 0.3) is 0 Å². The lowest BCUT2D eigenvalue weighted by Gasteiger charge is -2.30. The standard InChI is InChI=1S/C26H31N7OS/c1-18(7-8-20(15-28-3)33-11-5-4-6-12-33)17-34-26-29-10-9-22(32-26)21(14-27)25-31-23-16-30-19(2)13-24(23)35-25/h7-8,10,13,15-16,20-22H,1,4-6,9,11-12,17H2,2-3H3/b8-7-,28-15?. The van der Waals surface area contributed by atoms with E-state index >= 15 is 0 Å². The fraction of sp³-hybridized carbons (Fsp3) is 0.462. The first kappa shape index (κ1) is 24.9. The van der Waals surface area contributed by atoms with Crippen molar-refractivity contribution in [1.82, 2.24) is 14.9 Å². The highest BCUT2D eigenvalue weighted by Crippen LogP contribution is 2.32. The smallest absolute Gasteiger partial charge is 0.311 e. The van der Waals surface area contributed by atoms with Crippen LogP contribution in [0.5, 0.6) is 0 Å². The summed E-state index contributed by atoms with van der Waals surface area (Å²) in [6, 6.07) is 4.52. The molecule has 0 amide bonds. The van der Waals surface area contributed by atoms with E-state index in [0.717, 1.165) is 39.6 Å². The Morgan fingerprint density at radius 1 is 1.40 bits per heavy atom. The fourth-order valence-corrected chi connectivity index (χ4v) is 5.35. The van der Waals surface area contributed by atoms with Crippen molar-refractivity contribution in [3.8, 4) is 6.07 Å². The van der Waals surface area contributed by atoms with Gasteiger partial charge in [-0.1, -0.05) is 25.2 Å². The van der Waals surface area contributed by atoms with E-state index in [1.807, 2.05) is 25.3 Å². The van der Waals surface area contributed by atoms with Crippen molar-refractivity contribution in [2.24, 2.45) is 15.0 Å². The van der Waals surface area contributed by atoms with Crippen LogP contribution < -0.4 is 0 Å². The van der Waals surface area contributed by atoms with Crippen LogP contribution in [0.3, 0.4) is 0 Å². The third-order valence-electron chi connectivity index (χ3n) is 6.07. The van der Waals surface area contributed by atoms with Gasteiger partial charge in [-0.2, -0.15) is 5.26 Å². The quantitative estimate of drug-likeness (QED) is 0.402. The van der Waals surface area contributed by atoms with Crippen molar-refractivity contribution in [3.05, 3.63) is 47.3 Å². The Morgan fingerprint density at radius 3 is 3.00 bits per heavy atom. The van der Waals surface area contributed by atoms with Crippen molar-refractivity contribution in [2.75, 3.05) is 26.7 Å². The number of aryl methyl sites for hydroxylation is 1. The molecule has 1 fully saturated rings. The Labute approximate surface area is 210 Å². The second kappa shape index (κ2) is 12.0. The Kier molecular flexibility index (Phi) is 8.50. The highest BCUT2D eigenvalue weighted by atomic mass is 32.1. The molecule has 0 bridgehead atoms. The third-order valence-corrected chi connectivity index (χ3v) is 7.17. The summed E-state index contributed by atoms with van der Waals surface area (Å²) in [6.45, 7) is 8.51. The molecule has 0 spiro atoms. The van der Waals surface area contributed by atoms with E-state index in [9.17, 15) is 5.26 Å². The number of pyridine rings is 1. The zero-order valence-electron chi connectivity index (χ0n) is 20.3. The second-order valence-corrected chi connectivity index (χ2v) is 9.84. The predicted octanol–water partition coefficient (Wildman–Crippen LogP) is 4.49. The van der Waals surface area contributed by atoms with Gasteiger partial charge in [-0.25, -0.2) is 15.0 Å². The molecule has 4 rings (SSSR count). The number of rotatable bonds is 8. The first-order chi connectivity index (χ1) is 17.1. The topological polar surface area (TPSA) is 99.1 Å². The van der Waals surface area contributed by atoms with E-state index in [0.29, 0.717) is 6.42 Å². The van der Waals surface area contributed by atoms with E-state index in [4.69, 9.17) is 4.74 Å². The summed E-state index contributed by atoms with van der Waals surface area (Å²) >= 11 is 1.52. The van der Waals surface area contributed by atoms with E-state index in [-0.39, 0.29) is 24.7 Å². The number of likely N-dealkylation sites (tertiary alicyclic amines) is 1. The number of thiazole rings is 1. The average Bonchev–Trinajstić information content (AvgIpc) is 3.29. The van der Waals surface area contributed by atoms with Gasteiger partial charge in [0.15, 0.2) is 0 Å². The molecule has 0 aromatic carbocycles. The van der Waals surface area contributed by atoms with Gasteiger partial charge < -0.3 is 4.74 Å². The van der Waals surface area contributed by atoms with Crippen molar-refractivity contribution in [1.29, 1.82) is 5.26 Å². The molecule has 3 unspecified atom stereocenters. The predicted molar refractivity (Wildman–Crippen MR) is 143 cm³/mol. The summed E-state index contributed by atoms with van der Waals surface area (Å²) in [7, 11) is 1.80. The fourth-order valence-electron chi connectivity index (χ4n) is 4.21. The number of aromatic nitrogens is 2. The minimum Gasteiger partial charge on any atom is -0.459 e. The number of hydrogen-bond acceptors (Lipinski definition) is 9. The molecular formula is C26H31N7OS. The van der Waals surface area contributed by atoms with Crippen LogP contribution in [0.25, 0.3) is 10.2 Å². The van der Waals surface area contributed by atoms with E-state index in [1.54, 1.807) is 19.5 Å². The molecule has 3 atom stereocenters. The molecule has 8 nitrogen and oxygen atoms in total. The number of aliphatic imine (C=N–C) groups is 3. The summed E-state index contributed by atoms with van der Waals surface area (Å²) in [4.78, 5) is 24.5. The van der Waals surface area contributed by atoms with Crippen LogP contribution in [0.15, 0.2) is 51.5 Å². The molecule has 0 aliphatic carbocycles. The molecule has 2 aromatic heterocycles. The molecule has 0 radical (unpaired) electrons. The SMILES string of the molecule is C=C(/C=C\C(C=NC)N1CCCCC1)COC1=NC(C(C#N)c2nc3cnc(C)cc3s2)CC=N1. The Bertz CT molecular complexity index is 1200. The highest BCUT2D eigenvalue weighted by molar-refractivity contribution is 7.18. The number of piperidine rings is 1. The van der Waals surface area contributed by atoms with Gasteiger partial charge in [-0.3, -0.25) is 14.9 Å². The molecule has 2 aromatic rings. The first-order valence-corrected chi connectivity index (χ1v) is 12.8. The first-order valence-electron chi connectivity index (χ1n) is 12.0. The van der Waals surface area contributed by atoms with Gasteiger partial charge in [-0.05, 0) is 44.5 Å². The van der Waals surface area contributed by atoms with Gasteiger partial charge in [0.1, 0.15) is 17.5 Å². The Hall–Kier alpha value is -3.22. The van der Waals surface area contributed by atoms with Crippen LogP contribution in [0.4, 0.5) is 0 Å². The van der Waals surface area contributed by atoms with Crippen molar-refractivity contribution in [2.45, 2.75) is 50.6 Å². The molecule has 35 heavy (non-hydrogen) atoms. The molecule has 9 heteroatoms. The number of amidine groups is 1. The Balaban J connectivity index is 1.38. The second-order valence-electron chi connectivity index (χ2n) is 8.78. The third kappa shape index (κ3) is 6.47. The maximum atomic E-state index is 9.90. The van der Waals surface area contributed by atoms with Gasteiger partial charge in [-0.15, -0.1) is 11.3 Å². The van der Waals surface area contributed by atoms with Crippen LogP contribution in [-0.4, -0.2) is 72.1 Å². The normalized spacial score (nSPS) is 20.7. The lowest BCUT2D eigenvalue weighted by molar-refractivity contribution is 0.227. The van der Waals surface area contributed by atoms with Crippen molar-refractivity contribution in [3.63, 3.8) is 0 Å². The molecule has 0 N–H and O–H groups in total. The van der Waals surface area contributed by atoms with Crippen molar-refractivity contribution >= 4 is 40.0 Å². The molecule has 4 heterocycles. The largest absolute Gasteiger partial charge is 0.459 e. The van der Waals surface area contributed by atoms with Crippen LogP contribution in [0, 0.1) is 18.3 Å². The zero-order valence-corrected chi connectivity index (χ0v) is 21.1. The Morgan fingerprint density at radius 2 is 2.23 bits per heavy atom. The van der Waals surface area contributed by atoms with Gasteiger partial charge in [0.05, 0.1) is 34.6 Å². The maximum absolute atomic E-state index is 9.90. The summed E-state index contributed by atoms with van der Waals surface area (Å²) in [6.07, 6.45) is 13.9. The zero-order chi connectivity index (χ0) is 24.6. The van der Waals surface area contributed by atoms with Crippen molar-refractivity contribution < 1.29 is 4.74 Å². The number of fused-ring (bicyclic) bond motifs is 1. The monoisotopic (exact) mass is 489 g/mol. The van der Waals surface area contributed by atoms with Crippen LogP contribution in [0.2, 0.25) is 0 Å². The molecule has 0 saturated carbocycles. The number of ether oxygens (including phenoxy) is 1. The van der Waals surface area contributed by atoms with Crippen LogP contribution in [0.1, 0.15) is 42.3 Å². The molecule has 2 aliphatic rings. The minimum absolute atomic E-state index is 0.163. The van der Waals surface area contributed by atoms with Gasteiger partial charge in [0.2, 0.25) is 0 Å². The van der Waals surface area contributed by atoms with E-state index < -0.39 is 5.92 Å². The highest BCUT2D eigenvalue weighted by Gasteiger charge is 2.28. The van der Waals surface area contributed by atoms with E-state index in [1.165, 1.54) is 30.6 Å². The minimum atomic E-state index is -0.472. The summed E-state index contributed by atoms with van der Waals surface area (Å²) in [5.74, 6) is -0.472. The number of nitriles is 1. The van der Waals surface area contributed by atoms with Crippen LogP contribution in [-0.2, 0) is 4.74 Å². The molecule has 1 saturated heterocycles. The molecular weight excluding hydrogens is 458 g/mol. The molecule has 2 aliphatic heterocycles. The summed E-state index contributed by atoms with van der Waals surface area (Å²) in [5, 5.41) is 10.6. The lowest BCUT2D eigenvalue weighted by Crippen LogP contribution is -2.39. The molecule has 182 valence electrons.